The highest BCUT2D eigenvalue weighted by molar-refractivity contribution is 5.83. The van der Waals surface area contributed by atoms with Gasteiger partial charge in [0, 0.05) is 44.3 Å². The number of ether oxygens (including phenoxy) is 1. The number of aromatic nitrogens is 1. The smallest absolute Gasteiger partial charge is 0.252 e. The molecular formula is C18H25N5O2. The lowest BCUT2D eigenvalue weighted by atomic mass is 10.0. The zero-order chi connectivity index (χ0) is 17.8. The number of amides is 1. The first kappa shape index (κ1) is 17.6. The van der Waals surface area contributed by atoms with Crippen LogP contribution in [0.4, 0.5) is 5.82 Å². The molecule has 1 amide bonds. The monoisotopic (exact) mass is 343 g/mol. The van der Waals surface area contributed by atoms with Gasteiger partial charge in [0.2, 0.25) is 0 Å². The van der Waals surface area contributed by atoms with Crippen LogP contribution < -0.4 is 10.6 Å². The van der Waals surface area contributed by atoms with Gasteiger partial charge in [-0.05, 0) is 31.9 Å². The average molecular weight is 343 g/mol. The van der Waals surface area contributed by atoms with Crippen LogP contribution in [0.3, 0.4) is 0 Å². The van der Waals surface area contributed by atoms with Gasteiger partial charge in [0.25, 0.3) is 5.91 Å². The maximum atomic E-state index is 12.5. The first-order chi connectivity index (χ1) is 12.1. The molecule has 2 atom stereocenters. The molecule has 2 aliphatic heterocycles. The Hall–Kier alpha value is -2.17. The van der Waals surface area contributed by atoms with E-state index < -0.39 is 0 Å². The molecule has 1 aromatic rings. The summed E-state index contributed by atoms with van der Waals surface area (Å²) in [5.74, 6) is 0.999. The summed E-state index contributed by atoms with van der Waals surface area (Å²) in [4.78, 5) is 21.1. The molecule has 0 saturated carbocycles. The quantitative estimate of drug-likeness (QED) is 0.853. The second kappa shape index (κ2) is 7.81. The van der Waals surface area contributed by atoms with Crippen LogP contribution in [0.1, 0.15) is 31.7 Å². The zero-order valence-corrected chi connectivity index (χ0v) is 14.6. The molecular weight excluding hydrogens is 318 g/mol. The first-order valence-corrected chi connectivity index (χ1v) is 8.87. The second-order valence-electron chi connectivity index (χ2n) is 6.85. The number of likely N-dealkylation sites (tertiary alicyclic amines) is 1. The summed E-state index contributed by atoms with van der Waals surface area (Å²) in [6, 6.07) is 5.98. The van der Waals surface area contributed by atoms with Crippen molar-refractivity contribution in [2.45, 2.75) is 44.4 Å². The van der Waals surface area contributed by atoms with Crippen LogP contribution in [0.2, 0.25) is 0 Å². The molecule has 2 fully saturated rings. The third kappa shape index (κ3) is 4.09. The minimum absolute atomic E-state index is 0.0509. The van der Waals surface area contributed by atoms with Gasteiger partial charge in [-0.25, -0.2) is 4.98 Å². The molecule has 0 aliphatic carbocycles. The van der Waals surface area contributed by atoms with Crippen LogP contribution in [-0.2, 0) is 9.53 Å². The molecule has 7 nitrogen and oxygen atoms in total. The topological polar surface area (TPSA) is 95.5 Å². The molecule has 1 aromatic heterocycles. The third-order valence-corrected chi connectivity index (χ3v) is 4.86. The lowest BCUT2D eigenvalue weighted by Crippen LogP contribution is -2.47. The molecule has 0 radical (unpaired) electrons. The fourth-order valence-corrected chi connectivity index (χ4v) is 3.51. The van der Waals surface area contributed by atoms with E-state index in [1.807, 2.05) is 17.9 Å². The van der Waals surface area contributed by atoms with E-state index in [4.69, 9.17) is 15.7 Å². The van der Waals surface area contributed by atoms with Crippen molar-refractivity contribution in [3.05, 3.63) is 23.9 Å². The Morgan fingerprint density at radius 1 is 1.36 bits per heavy atom. The van der Waals surface area contributed by atoms with Gasteiger partial charge in [-0.3, -0.25) is 4.79 Å². The van der Waals surface area contributed by atoms with Crippen LogP contribution in [0.25, 0.3) is 0 Å². The zero-order valence-electron chi connectivity index (χ0n) is 14.6. The number of piperidine rings is 1. The number of carbonyl (C=O) groups excluding carboxylic acids is 1. The molecule has 2 N–H and O–H groups in total. The van der Waals surface area contributed by atoms with Crippen LogP contribution in [-0.4, -0.2) is 60.2 Å². The van der Waals surface area contributed by atoms with Crippen LogP contribution in [0, 0.1) is 11.3 Å². The van der Waals surface area contributed by atoms with Crippen molar-refractivity contribution in [2.24, 2.45) is 5.73 Å². The van der Waals surface area contributed by atoms with Gasteiger partial charge in [-0.15, -0.1) is 0 Å². The number of nitriles is 1. The molecule has 134 valence electrons. The Bertz CT molecular complexity index is 632. The molecule has 25 heavy (non-hydrogen) atoms. The maximum Gasteiger partial charge on any atom is 0.252 e. The molecule has 2 aliphatic rings. The first-order valence-electron chi connectivity index (χ1n) is 8.87. The second-order valence-corrected chi connectivity index (χ2v) is 6.85. The molecule has 0 spiro atoms. The number of hydrogen-bond donors (Lipinski definition) is 1. The van der Waals surface area contributed by atoms with E-state index in [0.29, 0.717) is 12.2 Å². The molecule has 2 unspecified atom stereocenters. The maximum absolute atomic E-state index is 12.5. The lowest BCUT2D eigenvalue weighted by molar-refractivity contribution is -0.139. The molecule has 3 rings (SSSR count). The van der Waals surface area contributed by atoms with E-state index in [1.54, 1.807) is 12.3 Å². The Labute approximate surface area is 148 Å². The Balaban J connectivity index is 1.52. The number of rotatable bonds is 5. The standard InChI is InChI=1S/C18H25N5O2/c1-13(20)12-25-16-6-9-23(18(16)24)15-4-7-22(8-5-15)17-3-2-14(10-19)11-21-17/h2-3,11,13,15-16H,4-9,12,20H2,1H3. The van der Waals surface area contributed by atoms with Crippen LogP contribution >= 0.6 is 0 Å². The van der Waals surface area contributed by atoms with E-state index in [9.17, 15) is 4.79 Å². The predicted molar refractivity (Wildman–Crippen MR) is 93.9 cm³/mol. The van der Waals surface area contributed by atoms with Crippen molar-refractivity contribution in [2.75, 3.05) is 31.1 Å². The predicted octanol–water partition coefficient (Wildman–Crippen LogP) is 0.887. The van der Waals surface area contributed by atoms with Crippen LogP contribution in [0.5, 0.6) is 0 Å². The van der Waals surface area contributed by atoms with Crippen molar-refractivity contribution < 1.29 is 9.53 Å². The number of nitrogens with zero attached hydrogens (tertiary/aromatic N) is 4. The van der Waals surface area contributed by atoms with Crippen molar-refractivity contribution in [1.82, 2.24) is 9.88 Å². The van der Waals surface area contributed by atoms with Gasteiger partial charge < -0.3 is 20.3 Å². The summed E-state index contributed by atoms with van der Waals surface area (Å²) < 4.78 is 5.65. The van der Waals surface area contributed by atoms with Gasteiger partial charge in [0.05, 0.1) is 12.2 Å². The Kier molecular flexibility index (Phi) is 5.51. The summed E-state index contributed by atoms with van der Waals surface area (Å²) >= 11 is 0. The fraction of sp³-hybridized carbons (Fsp3) is 0.611. The minimum Gasteiger partial charge on any atom is -0.367 e. The molecule has 0 aromatic carbocycles. The van der Waals surface area contributed by atoms with E-state index in [0.717, 1.165) is 44.7 Å². The molecule has 0 bridgehead atoms. The van der Waals surface area contributed by atoms with Gasteiger partial charge in [-0.2, -0.15) is 5.26 Å². The Morgan fingerprint density at radius 2 is 2.12 bits per heavy atom. The van der Waals surface area contributed by atoms with E-state index in [2.05, 4.69) is 16.0 Å². The highest BCUT2D eigenvalue weighted by Crippen LogP contribution is 2.26. The van der Waals surface area contributed by atoms with Gasteiger partial charge in [0.15, 0.2) is 0 Å². The van der Waals surface area contributed by atoms with Gasteiger partial charge >= 0.3 is 0 Å². The fourth-order valence-electron chi connectivity index (χ4n) is 3.51. The van der Waals surface area contributed by atoms with Crippen molar-refractivity contribution in [3.63, 3.8) is 0 Å². The van der Waals surface area contributed by atoms with Gasteiger partial charge in [-0.1, -0.05) is 0 Å². The van der Waals surface area contributed by atoms with Crippen molar-refractivity contribution >= 4 is 11.7 Å². The van der Waals surface area contributed by atoms with E-state index >= 15 is 0 Å². The molecule has 7 heteroatoms. The minimum atomic E-state index is -0.329. The SMILES string of the molecule is CC(N)COC1CCN(C2CCN(c3ccc(C#N)cn3)CC2)C1=O. The summed E-state index contributed by atoms with van der Waals surface area (Å²) in [6.07, 6.45) is 3.87. The molecule has 3 heterocycles. The summed E-state index contributed by atoms with van der Waals surface area (Å²) in [5.41, 5.74) is 6.27. The number of nitrogens with two attached hydrogens (primary N) is 1. The number of pyridine rings is 1. The highest BCUT2D eigenvalue weighted by Gasteiger charge is 2.37. The van der Waals surface area contributed by atoms with E-state index in [1.165, 1.54) is 0 Å². The summed E-state index contributed by atoms with van der Waals surface area (Å²) in [7, 11) is 0. The summed E-state index contributed by atoms with van der Waals surface area (Å²) in [5, 5.41) is 8.85. The third-order valence-electron chi connectivity index (χ3n) is 4.86. The van der Waals surface area contributed by atoms with Crippen molar-refractivity contribution in [3.8, 4) is 6.07 Å². The Morgan fingerprint density at radius 3 is 2.72 bits per heavy atom. The number of carbonyl (C=O) groups is 1. The average Bonchev–Trinajstić information content (AvgIpc) is 3.01. The van der Waals surface area contributed by atoms with Gasteiger partial charge in [0.1, 0.15) is 18.0 Å². The molecule has 2 saturated heterocycles. The lowest BCUT2D eigenvalue weighted by Gasteiger charge is -2.37. The number of hydrogen-bond acceptors (Lipinski definition) is 6. The normalized spacial score (nSPS) is 22.9. The van der Waals surface area contributed by atoms with Crippen molar-refractivity contribution in [1.29, 1.82) is 5.26 Å². The van der Waals surface area contributed by atoms with Crippen LogP contribution in [0.15, 0.2) is 18.3 Å². The summed E-state index contributed by atoms with van der Waals surface area (Å²) in [6.45, 7) is 4.79. The number of anilines is 1. The van der Waals surface area contributed by atoms with E-state index in [-0.39, 0.29) is 24.1 Å². The highest BCUT2D eigenvalue weighted by atomic mass is 16.5. The largest absolute Gasteiger partial charge is 0.367 e.